The summed E-state index contributed by atoms with van der Waals surface area (Å²) in [4.78, 5) is 0. The van der Waals surface area contributed by atoms with E-state index in [1.165, 1.54) is 11.3 Å². The number of nitrogens with zero attached hydrogens (tertiary/aromatic N) is 2. The van der Waals surface area contributed by atoms with Crippen LogP contribution in [0.4, 0.5) is 0 Å². The highest BCUT2D eigenvalue weighted by Crippen LogP contribution is 2.37. The van der Waals surface area contributed by atoms with Gasteiger partial charge in [-0.3, -0.25) is 0 Å². The zero-order chi connectivity index (χ0) is 12.4. The summed E-state index contributed by atoms with van der Waals surface area (Å²) in [6.07, 6.45) is 0. The monoisotopic (exact) mass is 291 g/mol. The van der Waals surface area contributed by atoms with Crippen molar-refractivity contribution in [1.82, 2.24) is 15.5 Å². The summed E-state index contributed by atoms with van der Waals surface area (Å²) in [5.74, 6) is 0.936. The first kappa shape index (κ1) is 12.8. The fourth-order valence-electron chi connectivity index (χ4n) is 1.21. The van der Waals surface area contributed by atoms with Crippen LogP contribution in [0.3, 0.4) is 0 Å². The number of hydrogen-bond donors (Lipinski definition) is 1. The molecule has 0 atom stereocenters. The van der Waals surface area contributed by atoms with E-state index in [4.69, 9.17) is 27.6 Å². The zero-order valence-electron chi connectivity index (χ0n) is 9.33. The van der Waals surface area contributed by atoms with Crippen molar-refractivity contribution >= 4 is 34.5 Å². The highest BCUT2D eigenvalue weighted by atomic mass is 35.5. The molecular weight excluding hydrogens is 281 g/mol. The van der Waals surface area contributed by atoms with Crippen molar-refractivity contribution < 1.29 is 4.42 Å². The Hall–Kier alpha value is -0.620. The maximum atomic E-state index is 6.01. The topological polar surface area (TPSA) is 51.0 Å². The van der Waals surface area contributed by atoms with Crippen molar-refractivity contribution in [2.24, 2.45) is 0 Å². The van der Waals surface area contributed by atoms with E-state index >= 15 is 0 Å². The SMILES string of the molecule is CC(C)NCc1nnc(-c2cc(Cl)sc2Cl)o1. The van der Waals surface area contributed by atoms with Crippen LogP contribution in [0.1, 0.15) is 19.7 Å². The fourth-order valence-corrected chi connectivity index (χ4v) is 2.66. The Bertz CT molecular complexity index is 509. The third-order valence-electron chi connectivity index (χ3n) is 2.02. The molecule has 0 radical (unpaired) electrons. The van der Waals surface area contributed by atoms with Crippen molar-refractivity contribution in [2.45, 2.75) is 26.4 Å². The second kappa shape index (κ2) is 5.35. The van der Waals surface area contributed by atoms with Crippen LogP contribution in [0, 0.1) is 0 Å². The first-order valence-corrected chi connectivity index (χ1v) is 6.64. The number of aromatic nitrogens is 2. The van der Waals surface area contributed by atoms with Gasteiger partial charge in [-0.2, -0.15) is 0 Å². The molecule has 2 aromatic heterocycles. The minimum Gasteiger partial charge on any atom is -0.419 e. The Morgan fingerprint density at radius 2 is 2.18 bits per heavy atom. The van der Waals surface area contributed by atoms with Crippen LogP contribution < -0.4 is 5.32 Å². The fraction of sp³-hybridized carbons (Fsp3) is 0.400. The smallest absolute Gasteiger partial charge is 0.250 e. The second-order valence-corrected chi connectivity index (χ2v) is 6.06. The number of rotatable bonds is 4. The van der Waals surface area contributed by atoms with Crippen LogP contribution in [-0.4, -0.2) is 16.2 Å². The molecule has 0 aromatic carbocycles. The number of halogens is 2. The molecule has 0 aliphatic rings. The summed E-state index contributed by atoms with van der Waals surface area (Å²) in [5, 5.41) is 11.1. The van der Waals surface area contributed by atoms with Crippen LogP contribution in [0.25, 0.3) is 11.5 Å². The van der Waals surface area contributed by atoms with Gasteiger partial charge in [-0.1, -0.05) is 37.0 Å². The Kier molecular flexibility index (Phi) is 4.04. The highest BCUT2D eigenvalue weighted by Gasteiger charge is 2.15. The summed E-state index contributed by atoms with van der Waals surface area (Å²) >= 11 is 13.1. The normalized spacial score (nSPS) is 11.4. The van der Waals surface area contributed by atoms with E-state index in [0.29, 0.717) is 38.6 Å². The van der Waals surface area contributed by atoms with E-state index in [2.05, 4.69) is 15.5 Å². The van der Waals surface area contributed by atoms with Gasteiger partial charge in [0.25, 0.3) is 0 Å². The van der Waals surface area contributed by atoms with E-state index in [-0.39, 0.29) is 0 Å². The number of hydrogen-bond acceptors (Lipinski definition) is 5. The second-order valence-electron chi connectivity index (χ2n) is 3.77. The van der Waals surface area contributed by atoms with Crippen molar-refractivity contribution in [1.29, 1.82) is 0 Å². The molecule has 2 aromatic rings. The molecule has 0 aliphatic carbocycles. The summed E-state index contributed by atoms with van der Waals surface area (Å²) in [6, 6.07) is 2.09. The average molecular weight is 292 g/mol. The van der Waals surface area contributed by atoms with Gasteiger partial charge < -0.3 is 9.73 Å². The van der Waals surface area contributed by atoms with Crippen molar-refractivity contribution in [3.8, 4) is 11.5 Å². The Labute approximate surface area is 113 Å². The molecular formula is C10H11Cl2N3OS. The van der Waals surface area contributed by atoms with Crippen LogP contribution in [0.2, 0.25) is 8.67 Å². The van der Waals surface area contributed by atoms with Gasteiger partial charge in [-0.25, -0.2) is 0 Å². The van der Waals surface area contributed by atoms with Crippen LogP contribution in [0.5, 0.6) is 0 Å². The largest absolute Gasteiger partial charge is 0.419 e. The maximum Gasteiger partial charge on any atom is 0.250 e. The molecule has 2 heterocycles. The predicted octanol–water partition coefficient (Wildman–Crippen LogP) is 3.60. The molecule has 0 saturated heterocycles. The van der Waals surface area contributed by atoms with Crippen molar-refractivity contribution in [2.75, 3.05) is 0 Å². The summed E-state index contributed by atoms with van der Waals surface area (Å²) in [5.41, 5.74) is 0.685. The lowest BCUT2D eigenvalue weighted by atomic mass is 10.3. The summed E-state index contributed by atoms with van der Waals surface area (Å²) in [7, 11) is 0. The summed E-state index contributed by atoms with van der Waals surface area (Å²) < 4.78 is 6.65. The van der Waals surface area contributed by atoms with Crippen LogP contribution in [-0.2, 0) is 6.54 Å². The van der Waals surface area contributed by atoms with E-state index in [1.807, 2.05) is 13.8 Å². The molecule has 0 fully saturated rings. The van der Waals surface area contributed by atoms with E-state index in [9.17, 15) is 0 Å². The predicted molar refractivity (Wildman–Crippen MR) is 69.6 cm³/mol. The minimum atomic E-state index is 0.365. The van der Waals surface area contributed by atoms with Gasteiger partial charge in [0, 0.05) is 6.04 Å². The van der Waals surface area contributed by atoms with Crippen molar-refractivity contribution in [3.05, 3.63) is 20.6 Å². The third kappa shape index (κ3) is 3.19. The lowest BCUT2D eigenvalue weighted by Gasteiger charge is -2.03. The molecule has 2 rings (SSSR count). The van der Waals surface area contributed by atoms with E-state index < -0.39 is 0 Å². The molecule has 92 valence electrons. The lowest BCUT2D eigenvalue weighted by molar-refractivity contribution is 0.459. The molecule has 0 bridgehead atoms. The maximum absolute atomic E-state index is 6.01. The Morgan fingerprint density at radius 1 is 1.41 bits per heavy atom. The van der Waals surface area contributed by atoms with Gasteiger partial charge in [-0.05, 0) is 6.07 Å². The number of nitrogens with one attached hydrogen (secondary N) is 1. The van der Waals surface area contributed by atoms with Gasteiger partial charge in [0.15, 0.2) is 0 Å². The van der Waals surface area contributed by atoms with E-state index in [0.717, 1.165) is 0 Å². The molecule has 1 N–H and O–H groups in total. The molecule has 4 nitrogen and oxygen atoms in total. The molecule has 7 heteroatoms. The first-order valence-electron chi connectivity index (χ1n) is 5.07. The van der Waals surface area contributed by atoms with Crippen LogP contribution in [0.15, 0.2) is 10.5 Å². The quantitative estimate of drug-likeness (QED) is 0.935. The van der Waals surface area contributed by atoms with Crippen LogP contribution >= 0.6 is 34.5 Å². The van der Waals surface area contributed by atoms with Gasteiger partial charge in [0.05, 0.1) is 16.4 Å². The Morgan fingerprint density at radius 3 is 2.76 bits per heavy atom. The Balaban J connectivity index is 2.15. The minimum absolute atomic E-state index is 0.365. The number of thiophene rings is 1. The standard InChI is InChI=1S/C10H11Cl2N3OS/c1-5(2)13-4-8-14-15-10(16-8)6-3-7(11)17-9(6)12/h3,5,13H,4H2,1-2H3. The molecule has 0 unspecified atom stereocenters. The molecule has 0 amide bonds. The average Bonchev–Trinajstić information content (AvgIpc) is 2.82. The van der Waals surface area contributed by atoms with Gasteiger partial charge in [0.2, 0.25) is 11.8 Å². The third-order valence-corrected chi connectivity index (χ3v) is 3.50. The highest BCUT2D eigenvalue weighted by molar-refractivity contribution is 7.20. The summed E-state index contributed by atoms with van der Waals surface area (Å²) in [6.45, 7) is 4.64. The molecule has 0 aliphatic heterocycles. The zero-order valence-corrected chi connectivity index (χ0v) is 11.7. The van der Waals surface area contributed by atoms with Crippen molar-refractivity contribution in [3.63, 3.8) is 0 Å². The van der Waals surface area contributed by atoms with Gasteiger partial charge in [0.1, 0.15) is 4.34 Å². The van der Waals surface area contributed by atoms with Gasteiger partial charge in [-0.15, -0.1) is 21.5 Å². The first-order chi connectivity index (χ1) is 8.06. The molecule has 0 spiro atoms. The molecule has 17 heavy (non-hydrogen) atoms. The lowest BCUT2D eigenvalue weighted by Crippen LogP contribution is -2.21. The van der Waals surface area contributed by atoms with Gasteiger partial charge >= 0.3 is 0 Å². The molecule has 0 saturated carbocycles. The van der Waals surface area contributed by atoms with E-state index in [1.54, 1.807) is 6.07 Å².